The number of hydrogen-bond acceptors (Lipinski definition) is 7. The van der Waals surface area contributed by atoms with E-state index >= 15 is 0 Å². The maximum absolute atomic E-state index is 12.1. The summed E-state index contributed by atoms with van der Waals surface area (Å²) in [6, 6.07) is 0. The monoisotopic (exact) mass is 297 g/mol. The van der Waals surface area contributed by atoms with Crippen LogP contribution in [0.15, 0.2) is 0 Å². The molecule has 8 heteroatoms. The first-order valence-electron chi connectivity index (χ1n) is 6.18. The van der Waals surface area contributed by atoms with Crippen molar-refractivity contribution in [1.82, 2.24) is 4.90 Å². The maximum atomic E-state index is 12.1. The highest BCUT2D eigenvalue weighted by atomic mass is 31.2. The molecule has 1 saturated heterocycles. The molecule has 1 rings (SSSR count). The van der Waals surface area contributed by atoms with Crippen LogP contribution in [0.2, 0.25) is 0 Å². The van der Waals surface area contributed by atoms with Crippen LogP contribution in [-0.4, -0.2) is 64.4 Å². The van der Waals surface area contributed by atoms with Gasteiger partial charge in [0.25, 0.3) is 0 Å². The fourth-order valence-electron chi connectivity index (χ4n) is 1.50. The Morgan fingerprint density at radius 1 is 1.37 bits per heavy atom. The standard InChI is InChI=1S/C11H24NO6P/c1-11(2)15-8-10(18-11)9-17-19(13,14-5)16-7-6-12(3)4/h10H,6-9H2,1-5H3/t10-,19+/m0/s1. The topological polar surface area (TPSA) is 66.5 Å². The lowest BCUT2D eigenvalue weighted by atomic mass is 10.4. The highest BCUT2D eigenvalue weighted by Crippen LogP contribution is 2.48. The van der Waals surface area contributed by atoms with Crippen LogP contribution in [0.3, 0.4) is 0 Å². The fourth-order valence-corrected chi connectivity index (χ4v) is 2.44. The Kier molecular flexibility index (Phi) is 6.39. The maximum Gasteiger partial charge on any atom is 0.474 e. The lowest BCUT2D eigenvalue weighted by Gasteiger charge is -2.20. The largest absolute Gasteiger partial charge is 0.474 e. The fraction of sp³-hybridized carbons (Fsp3) is 1.00. The summed E-state index contributed by atoms with van der Waals surface area (Å²) >= 11 is 0. The van der Waals surface area contributed by atoms with E-state index in [1.165, 1.54) is 7.11 Å². The third-order valence-corrected chi connectivity index (χ3v) is 3.91. The van der Waals surface area contributed by atoms with E-state index in [9.17, 15) is 4.57 Å². The van der Waals surface area contributed by atoms with Crippen molar-refractivity contribution >= 4 is 7.82 Å². The van der Waals surface area contributed by atoms with E-state index in [-0.39, 0.29) is 19.3 Å². The molecule has 114 valence electrons. The van der Waals surface area contributed by atoms with Crippen molar-refractivity contribution in [2.24, 2.45) is 0 Å². The first-order valence-corrected chi connectivity index (χ1v) is 7.64. The van der Waals surface area contributed by atoms with E-state index in [2.05, 4.69) is 0 Å². The summed E-state index contributed by atoms with van der Waals surface area (Å²) < 4.78 is 38.3. The SMILES string of the molecule is CO[P@](=O)(OCCN(C)C)OC[C@@H]1COC(C)(C)O1. The summed E-state index contributed by atoms with van der Waals surface area (Å²) in [6.07, 6.45) is -0.268. The smallest absolute Gasteiger partial charge is 0.348 e. The zero-order chi connectivity index (χ0) is 14.5. The number of phosphoric acid groups is 1. The second kappa shape index (κ2) is 7.13. The first kappa shape index (κ1) is 17.0. The van der Waals surface area contributed by atoms with Gasteiger partial charge in [0.15, 0.2) is 5.79 Å². The van der Waals surface area contributed by atoms with Gasteiger partial charge in [-0.25, -0.2) is 4.57 Å². The van der Waals surface area contributed by atoms with Crippen LogP contribution in [0.25, 0.3) is 0 Å². The summed E-state index contributed by atoms with van der Waals surface area (Å²) in [4.78, 5) is 1.91. The molecule has 0 unspecified atom stereocenters. The molecule has 0 aromatic heterocycles. The van der Waals surface area contributed by atoms with E-state index in [0.717, 1.165) is 0 Å². The van der Waals surface area contributed by atoms with Gasteiger partial charge in [-0.15, -0.1) is 0 Å². The number of likely N-dealkylation sites (N-methyl/N-ethyl adjacent to an activating group) is 1. The predicted octanol–water partition coefficient (Wildman–Crippen LogP) is 1.49. The zero-order valence-corrected chi connectivity index (χ0v) is 13.1. The lowest BCUT2D eigenvalue weighted by Crippen LogP contribution is -2.24. The highest BCUT2D eigenvalue weighted by molar-refractivity contribution is 7.48. The summed E-state index contributed by atoms with van der Waals surface area (Å²) in [5.41, 5.74) is 0. The van der Waals surface area contributed by atoms with Crippen molar-refractivity contribution in [3.63, 3.8) is 0 Å². The van der Waals surface area contributed by atoms with Gasteiger partial charge in [0.1, 0.15) is 6.10 Å². The van der Waals surface area contributed by atoms with Gasteiger partial charge < -0.3 is 14.4 Å². The summed E-state index contributed by atoms with van der Waals surface area (Å²) in [7, 11) is 1.58. The Labute approximate surface area is 114 Å². The van der Waals surface area contributed by atoms with E-state index in [4.69, 9.17) is 23.0 Å². The molecule has 0 N–H and O–H groups in total. The lowest BCUT2D eigenvalue weighted by molar-refractivity contribution is -0.142. The average molecular weight is 297 g/mol. The second-order valence-electron chi connectivity index (χ2n) is 5.01. The zero-order valence-electron chi connectivity index (χ0n) is 12.2. The van der Waals surface area contributed by atoms with E-state index in [1.807, 2.05) is 32.8 Å². The Morgan fingerprint density at radius 3 is 2.53 bits per heavy atom. The molecular formula is C11H24NO6P. The van der Waals surface area contributed by atoms with Gasteiger partial charge in [-0.3, -0.25) is 13.6 Å². The molecule has 0 radical (unpaired) electrons. The quantitative estimate of drug-likeness (QED) is 0.629. The normalized spacial score (nSPS) is 25.7. The Morgan fingerprint density at radius 2 is 2.05 bits per heavy atom. The van der Waals surface area contributed by atoms with Gasteiger partial charge in [0.2, 0.25) is 0 Å². The Hall–Kier alpha value is -0.0100. The van der Waals surface area contributed by atoms with Crippen LogP contribution in [0, 0.1) is 0 Å². The Balaban J connectivity index is 2.33. The van der Waals surface area contributed by atoms with Gasteiger partial charge in [0, 0.05) is 13.7 Å². The van der Waals surface area contributed by atoms with Crippen molar-refractivity contribution in [2.45, 2.75) is 25.7 Å². The Bertz CT molecular complexity index is 322. The number of nitrogens with zero attached hydrogens (tertiary/aromatic N) is 1. The van der Waals surface area contributed by atoms with Crippen LogP contribution in [-0.2, 0) is 27.6 Å². The van der Waals surface area contributed by atoms with E-state index in [1.54, 1.807) is 0 Å². The van der Waals surface area contributed by atoms with Crippen molar-refractivity contribution in [1.29, 1.82) is 0 Å². The molecule has 7 nitrogen and oxygen atoms in total. The minimum atomic E-state index is -3.51. The number of phosphoric ester groups is 1. The van der Waals surface area contributed by atoms with Gasteiger partial charge in [0.05, 0.1) is 19.8 Å². The molecule has 0 spiro atoms. The van der Waals surface area contributed by atoms with Gasteiger partial charge in [-0.2, -0.15) is 0 Å². The third-order valence-electron chi connectivity index (χ3n) is 2.50. The van der Waals surface area contributed by atoms with Gasteiger partial charge in [-0.05, 0) is 27.9 Å². The van der Waals surface area contributed by atoms with Crippen molar-refractivity contribution in [2.75, 3.05) is 47.6 Å². The first-order chi connectivity index (χ1) is 8.76. The van der Waals surface area contributed by atoms with Gasteiger partial charge >= 0.3 is 7.82 Å². The van der Waals surface area contributed by atoms with Gasteiger partial charge in [-0.1, -0.05) is 0 Å². The average Bonchev–Trinajstić information content (AvgIpc) is 2.66. The number of hydrogen-bond donors (Lipinski definition) is 0. The van der Waals surface area contributed by atoms with Crippen LogP contribution < -0.4 is 0 Å². The molecule has 2 atom stereocenters. The molecule has 19 heavy (non-hydrogen) atoms. The van der Waals surface area contributed by atoms with Crippen molar-refractivity contribution in [3.8, 4) is 0 Å². The molecule has 0 aromatic carbocycles. The summed E-state index contributed by atoms with van der Waals surface area (Å²) in [5.74, 6) is -0.628. The molecule has 0 bridgehead atoms. The molecule has 0 amide bonds. The molecular weight excluding hydrogens is 273 g/mol. The molecule has 0 aliphatic carbocycles. The molecule has 0 saturated carbocycles. The summed E-state index contributed by atoms with van der Waals surface area (Å²) in [5, 5.41) is 0. The van der Waals surface area contributed by atoms with Crippen molar-refractivity contribution in [3.05, 3.63) is 0 Å². The minimum Gasteiger partial charge on any atom is -0.348 e. The number of rotatable bonds is 8. The highest BCUT2D eigenvalue weighted by Gasteiger charge is 2.35. The van der Waals surface area contributed by atoms with Crippen LogP contribution in [0.5, 0.6) is 0 Å². The number of ether oxygens (including phenoxy) is 2. The van der Waals surface area contributed by atoms with Crippen LogP contribution in [0.4, 0.5) is 0 Å². The van der Waals surface area contributed by atoms with E-state index < -0.39 is 13.6 Å². The van der Waals surface area contributed by atoms with Crippen LogP contribution >= 0.6 is 7.82 Å². The third kappa shape index (κ3) is 6.31. The molecule has 1 heterocycles. The van der Waals surface area contributed by atoms with E-state index in [0.29, 0.717) is 13.2 Å². The molecule has 0 aromatic rings. The molecule has 1 aliphatic heterocycles. The molecule has 1 aliphatic rings. The summed E-state index contributed by atoms with van der Waals surface area (Å²) in [6.45, 7) is 5.04. The van der Waals surface area contributed by atoms with Crippen LogP contribution in [0.1, 0.15) is 13.8 Å². The predicted molar refractivity (Wildman–Crippen MR) is 70.0 cm³/mol. The second-order valence-corrected chi connectivity index (χ2v) is 6.79. The minimum absolute atomic E-state index is 0.108. The van der Waals surface area contributed by atoms with Crippen molar-refractivity contribution < 1.29 is 27.6 Å². The molecule has 1 fully saturated rings.